The van der Waals surface area contributed by atoms with Crippen LogP contribution in [0.15, 0.2) is 77.2 Å². The summed E-state index contributed by atoms with van der Waals surface area (Å²) >= 11 is 0. The molecule has 0 aliphatic carbocycles. The highest BCUT2D eigenvalue weighted by Crippen LogP contribution is 2.28. The zero-order valence-corrected chi connectivity index (χ0v) is 20.4. The summed E-state index contributed by atoms with van der Waals surface area (Å²) in [4.78, 5) is 34.4. The van der Waals surface area contributed by atoms with Gasteiger partial charge in [0, 0.05) is 24.2 Å². The number of amides is 2. The van der Waals surface area contributed by atoms with Crippen molar-refractivity contribution in [2.45, 2.75) is 18.7 Å². The van der Waals surface area contributed by atoms with Crippen LogP contribution in [0.3, 0.4) is 0 Å². The topological polar surface area (TPSA) is 168 Å². The SMILES string of the molecule is CC(=O)Nc1ccc(S(=O)(=O)Oc2ccccc2/C=C(\C#N)C(=O)Nc2ccc(C)cc2[N+](=O)[O-])cc1. The summed E-state index contributed by atoms with van der Waals surface area (Å²) in [7, 11) is -4.31. The highest BCUT2D eigenvalue weighted by molar-refractivity contribution is 7.87. The minimum absolute atomic E-state index is 0.100. The predicted molar refractivity (Wildman–Crippen MR) is 135 cm³/mol. The van der Waals surface area contributed by atoms with Crippen LogP contribution in [0, 0.1) is 28.4 Å². The minimum Gasteiger partial charge on any atom is -0.378 e. The van der Waals surface area contributed by atoms with E-state index in [-0.39, 0.29) is 33.5 Å². The van der Waals surface area contributed by atoms with Crippen LogP contribution in [0.4, 0.5) is 17.1 Å². The van der Waals surface area contributed by atoms with Crippen LogP contribution in [0.2, 0.25) is 0 Å². The number of nitrogens with one attached hydrogen (secondary N) is 2. The van der Waals surface area contributed by atoms with Gasteiger partial charge in [0.15, 0.2) is 0 Å². The maximum atomic E-state index is 12.8. The fraction of sp³-hybridized carbons (Fsp3) is 0.0800. The van der Waals surface area contributed by atoms with Crippen LogP contribution in [-0.2, 0) is 19.7 Å². The van der Waals surface area contributed by atoms with E-state index in [1.807, 2.05) is 0 Å². The van der Waals surface area contributed by atoms with Gasteiger partial charge >= 0.3 is 10.1 Å². The van der Waals surface area contributed by atoms with Gasteiger partial charge in [-0.05, 0) is 55.0 Å². The molecule has 0 saturated carbocycles. The van der Waals surface area contributed by atoms with E-state index >= 15 is 0 Å². The Balaban J connectivity index is 1.88. The molecule has 2 amide bonds. The number of hydrogen-bond acceptors (Lipinski definition) is 8. The van der Waals surface area contributed by atoms with Gasteiger partial charge in [0.05, 0.1) is 4.92 Å². The van der Waals surface area contributed by atoms with Crippen molar-refractivity contribution < 1.29 is 27.1 Å². The number of nitriles is 1. The first-order chi connectivity index (χ1) is 17.5. The molecule has 0 spiro atoms. The summed E-state index contributed by atoms with van der Waals surface area (Å²) in [5.41, 5.74) is 0.224. The highest BCUT2D eigenvalue weighted by atomic mass is 32.2. The fourth-order valence-corrected chi connectivity index (χ4v) is 4.10. The number of para-hydroxylation sites is 1. The Morgan fingerprint density at radius 2 is 1.73 bits per heavy atom. The molecule has 0 bridgehead atoms. The highest BCUT2D eigenvalue weighted by Gasteiger charge is 2.21. The van der Waals surface area contributed by atoms with Crippen LogP contribution in [0.1, 0.15) is 18.1 Å². The Bertz CT molecular complexity index is 1560. The summed E-state index contributed by atoms with van der Waals surface area (Å²) in [6.45, 7) is 2.97. The number of anilines is 2. The molecule has 188 valence electrons. The van der Waals surface area contributed by atoms with Crippen molar-refractivity contribution in [1.29, 1.82) is 5.26 Å². The molecule has 0 heterocycles. The third-order valence-corrected chi connectivity index (χ3v) is 6.09. The molecule has 11 nitrogen and oxygen atoms in total. The van der Waals surface area contributed by atoms with E-state index < -0.39 is 26.5 Å². The van der Waals surface area contributed by atoms with Crippen LogP contribution in [0.5, 0.6) is 5.75 Å². The Morgan fingerprint density at radius 1 is 1.05 bits per heavy atom. The van der Waals surface area contributed by atoms with Crippen molar-refractivity contribution in [2.24, 2.45) is 0 Å². The first-order valence-electron chi connectivity index (χ1n) is 10.6. The first-order valence-corrected chi connectivity index (χ1v) is 12.0. The lowest BCUT2D eigenvalue weighted by molar-refractivity contribution is -0.384. The second-order valence-electron chi connectivity index (χ2n) is 7.68. The number of benzene rings is 3. The lowest BCUT2D eigenvalue weighted by Crippen LogP contribution is -2.15. The summed E-state index contributed by atoms with van der Waals surface area (Å²) < 4.78 is 30.9. The Morgan fingerprint density at radius 3 is 2.35 bits per heavy atom. The summed E-state index contributed by atoms with van der Waals surface area (Å²) in [6, 6.07) is 17.0. The molecule has 3 rings (SSSR count). The minimum atomic E-state index is -4.31. The summed E-state index contributed by atoms with van der Waals surface area (Å²) in [5.74, 6) is -1.40. The molecule has 0 saturated heterocycles. The Kier molecular flexibility index (Phi) is 8.01. The van der Waals surface area contributed by atoms with E-state index in [1.165, 1.54) is 61.5 Å². The van der Waals surface area contributed by atoms with Crippen LogP contribution in [-0.4, -0.2) is 25.2 Å². The third-order valence-electron chi connectivity index (χ3n) is 4.84. The van der Waals surface area contributed by atoms with Gasteiger partial charge in [-0.3, -0.25) is 19.7 Å². The van der Waals surface area contributed by atoms with Gasteiger partial charge in [0.2, 0.25) is 5.91 Å². The fourth-order valence-electron chi connectivity index (χ4n) is 3.14. The Labute approximate surface area is 212 Å². The van der Waals surface area contributed by atoms with Gasteiger partial charge in [-0.15, -0.1) is 0 Å². The molecule has 0 radical (unpaired) electrons. The van der Waals surface area contributed by atoms with E-state index in [1.54, 1.807) is 25.1 Å². The monoisotopic (exact) mass is 520 g/mol. The molecule has 12 heteroatoms. The largest absolute Gasteiger partial charge is 0.378 e. The molecule has 0 aliphatic heterocycles. The number of nitro groups is 1. The van der Waals surface area contributed by atoms with Crippen molar-refractivity contribution in [3.63, 3.8) is 0 Å². The van der Waals surface area contributed by atoms with Crippen LogP contribution < -0.4 is 14.8 Å². The van der Waals surface area contributed by atoms with E-state index in [4.69, 9.17) is 4.18 Å². The molecule has 3 aromatic rings. The van der Waals surface area contributed by atoms with Crippen LogP contribution >= 0.6 is 0 Å². The molecule has 0 fully saturated rings. The normalized spacial score (nSPS) is 11.2. The van der Waals surface area contributed by atoms with Crippen molar-refractivity contribution >= 4 is 45.1 Å². The second-order valence-corrected chi connectivity index (χ2v) is 9.23. The zero-order chi connectivity index (χ0) is 27.2. The Hall–Kier alpha value is -5.02. The van der Waals surface area contributed by atoms with Gasteiger partial charge in [0.1, 0.15) is 28.0 Å². The van der Waals surface area contributed by atoms with E-state index in [2.05, 4.69) is 10.6 Å². The molecular weight excluding hydrogens is 500 g/mol. The second kappa shape index (κ2) is 11.1. The van der Waals surface area contributed by atoms with Crippen LogP contribution in [0.25, 0.3) is 6.08 Å². The predicted octanol–water partition coefficient (Wildman–Crippen LogP) is 4.18. The summed E-state index contributed by atoms with van der Waals surface area (Å²) in [5, 5.41) is 25.7. The van der Waals surface area contributed by atoms with E-state index in [0.29, 0.717) is 11.3 Å². The van der Waals surface area contributed by atoms with Crippen molar-refractivity contribution in [3.05, 3.63) is 93.5 Å². The average Bonchev–Trinajstić information content (AvgIpc) is 2.84. The molecule has 0 unspecified atom stereocenters. The molecule has 3 aromatic carbocycles. The van der Waals surface area contributed by atoms with Gasteiger partial charge in [-0.2, -0.15) is 13.7 Å². The van der Waals surface area contributed by atoms with Crippen molar-refractivity contribution in [2.75, 3.05) is 10.6 Å². The molecule has 0 aliphatic rings. The summed E-state index contributed by atoms with van der Waals surface area (Å²) in [6.07, 6.45) is 1.11. The number of nitro benzene ring substituents is 1. The number of rotatable bonds is 8. The standard InChI is InChI=1S/C25H20N4O7S/c1-16-7-12-22(23(13-16)29(32)33)28-25(31)19(15-26)14-18-5-3-4-6-24(18)36-37(34,35)21-10-8-20(9-11-21)27-17(2)30/h3-14H,1-2H3,(H,27,30)(H,28,31)/b19-14+. The molecule has 0 aromatic heterocycles. The maximum Gasteiger partial charge on any atom is 0.339 e. The van der Waals surface area contributed by atoms with Gasteiger partial charge in [0.25, 0.3) is 11.6 Å². The third kappa shape index (κ3) is 6.77. The van der Waals surface area contributed by atoms with Gasteiger partial charge in [-0.25, -0.2) is 0 Å². The molecule has 37 heavy (non-hydrogen) atoms. The van der Waals surface area contributed by atoms with Crippen molar-refractivity contribution in [3.8, 4) is 11.8 Å². The number of carbonyl (C=O) groups is 2. The number of nitrogens with zero attached hydrogens (tertiary/aromatic N) is 2. The first kappa shape index (κ1) is 26.6. The zero-order valence-electron chi connectivity index (χ0n) is 19.6. The molecular formula is C25H20N4O7S. The number of carbonyl (C=O) groups excluding carboxylic acids is 2. The quantitative estimate of drug-likeness (QED) is 0.147. The van der Waals surface area contributed by atoms with Gasteiger partial charge in [-0.1, -0.05) is 24.3 Å². The number of hydrogen-bond donors (Lipinski definition) is 2. The lowest BCUT2D eigenvalue weighted by Gasteiger charge is -2.11. The smallest absolute Gasteiger partial charge is 0.339 e. The van der Waals surface area contributed by atoms with E-state index in [0.717, 1.165) is 6.08 Å². The maximum absolute atomic E-state index is 12.8. The molecule has 2 N–H and O–H groups in total. The van der Waals surface area contributed by atoms with Gasteiger partial charge < -0.3 is 14.8 Å². The van der Waals surface area contributed by atoms with E-state index in [9.17, 15) is 33.4 Å². The molecule has 0 atom stereocenters. The lowest BCUT2D eigenvalue weighted by atomic mass is 10.1. The van der Waals surface area contributed by atoms with Crippen molar-refractivity contribution in [1.82, 2.24) is 0 Å². The number of aryl methyl sites for hydroxylation is 1. The average molecular weight is 521 g/mol.